The summed E-state index contributed by atoms with van der Waals surface area (Å²) in [7, 11) is 0. The number of carbonyl (C=O) groups excluding carboxylic acids is 2. The largest absolute Gasteiger partial charge is 0.478 e. The van der Waals surface area contributed by atoms with Crippen molar-refractivity contribution < 1.29 is 24.2 Å². The van der Waals surface area contributed by atoms with Gasteiger partial charge in [-0.15, -0.1) is 0 Å². The van der Waals surface area contributed by atoms with E-state index in [1.54, 1.807) is 12.1 Å². The molecule has 24 heavy (non-hydrogen) atoms. The summed E-state index contributed by atoms with van der Waals surface area (Å²) in [4.78, 5) is 35.5. The molecule has 1 aliphatic carbocycles. The van der Waals surface area contributed by atoms with Crippen molar-refractivity contribution in [1.29, 1.82) is 0 Å². The van der Waals surface area contributed by atoms with Gasteiger partial charge in [0.15, 0.2) is 5.78 Å². The highest BCUT2D eigenvalue weighted by molar-refractivity contribution is 7.08. The molecule has 0 amide bonds. The van der Waals surface area contributed by atoms with E-state index < -0.39 is 18.0 Å². The third kappa shape index (κ3) is 3.18. The van der Waals surface area contributed by atoms with Crippen LogP contribution < -0.4 is 0 Å². The van der Waals surface area contributed by atoms with Gasteiger partial charge < -0.3 is 9.84 Å². The lowest BCUT2D eigenvalue weighted by molar-refractivity contribution is -0.111. The lowest BCUT2D eigenvalue weighted by Gasteiger charge is -2.13. The number of esters is 1. The van der Waals surface area contributed by atoms with Crippen LogP contribution in [0.25, 0.3) is 6.08 Å². The third-order valence-corrected chi connectivity index (χ3v) is 4.19. The Morgan fingerprint density at radius 1 is 1.17 bits per heavy atom. The van der Waals surface area contributed by atoms with E-state index in [0.717, 1.165) is 5.56 Å². The average Bonchev–Trinajstić information content (AvgIpc) is 3.20. The minimum atomic E-state index is -1.21. The molecular weight excluding hydrogens is 328 g/mol. The molecule has 1 aromatic carbocycles. The molecule has 0 bridgehead atoms. The number of hydrogen-bond donors (Lipinski definition) is 1. The van der Waals surface area contributed by atoms with E-state index in [1.807, 2.05) is 16.8 Å². The van der Waals surface area contributed by atoms with Gasteiger partial charge in [-0.2, -0.15) is 11.3 Å². The van der Waals surface area contributed by atoms with Crippen molar-refractivity contribution in [3.63, 3.8) is 0 Å². The monoisotopic (exact) mass is 340 g/mol. The summed E-state index contributed by atoms with van der Waals surface area (Å²) in [6, 6.07) is 7.65. The van der Waals surface area contributed by atoms with Gasteiger partial charge in [0.25, 0.3) is 0 Å². The molecule has 0 fully saturated rings. The SMILES string of the molecule is O=C1C=CC(OC(=O)c2ccccc2C(=O)O)C1=Cc1ccsc1. The number of carboxylic acid groups (broad SMARTS) is 1. The number of allylic oxidation sites excluding steroid dienone is 1. The smallest absolute Gasteiger partial charge is 0.339 e. The fraction of sp³-hybridized carbons (Fsp3) is 0.0556. The van der Waals surface area contributed by atoms with E-state index in [0.29, 0.717) is 5.57 Å². The number of carbonyl (C=O) groups is 3. The second-order valence-electron chi connectivity index (χ2n) is 5.06. The van der Waals surface area contributed by atoms with Gasteiger partial charge in [0.05, 0.1) is 11.1 Å². The summed E-state index contributed by atoms with van der Waals surface area (Å²) in [6.07, 6.45) is 3.67. The van der Waals surface area contributed by atoms with Gasteiger partial charge in [-0.05, 0) is 52.8 Å². The standard InChI is InChI=1S/C18H12O5S/c19-15-5-6-16(14(15)9-11-7-8-24-10-11)23-18(22)13-4-2-1-3-12(13)17(20)21/h1-10,16H,(H,20,21). The number of ether oxygens (including phenoxy) is 1. The van der Waals surface area contributed by atoms with Crippen molar-refractivity contribution >= 4 is 35.1 Å². The van der Waals surface area contributed by atoms with Crippen LogP contribution >= 0.6 is 11.3 Å². The molecule has 0 radical (unpaired) electrons. The molecule has 1 N–H and O–H groups in total. The molecule has 3 rings (SSSR count). The number of thiophene rings is 1. The van der Waals surface area contributed by atoms with Gasteiger partial charge >= 0.3 is 11.9 Å². The highest BCUT2D eigenvalue weighted by Crippen LogP contribution is 2.23. The zero-order chi connectivity index (χ0) is 17.1. The fourth-order valence-corrected chi connectivity index (χ4v) is 2.95. The van der Waals surface area contributed by atoms with Gasteiger partial charge in [-0.1, -0.05) is 12.1 Å². The van der Waals surface area contributed by atoms with Crippen LogP contribution in [0.15, 0.2) is 58.8 Å². The molecule has 1 aromatic heterocycles. The Morgan fingerprint density at radius 3 is 2.58 bits per heavy atom. The van der Waals surface area contributed by atoms with Crippen LogP contribution in [0.1, 0.15) is 26.3 Å². The van der Waals surface area contributed by atoms with Gasteiger partial charge in [0.1, 0.15) is 6.10 Å². The first-order chi connectivity index (χ1) is 11.6. The molecule has 1 aliphatic rings. The molecule has 0 spiro atoms. The number of hydrogen-bond acceptors (Lipinski definition) is 5. The highest BCUT2D eigenvalue weighted by atomic mass is 32.1. The maximum Gasteiger partial charge on any atom is 0.339 e. The summed E-state index contributed by atoms with van der Waals surface area (Å²) in [5.74, 6) is -2.23. The lowest BCUT2D eigenvalue weighted by Crippen LogP contribution is -2.20. The van der Waals surface area contributed by atoms with E-state index in [2.05, 4.69) is 0 Å². The molecular formula is C18H12O5S. The van der Waals surface area contributed by atoms with Crippen molar-refractivity contribution in [2.24, 2.45) is 0 Å². The Bertz CT molecular complexity index is 861. The predicted molar refractivity (Wildman–Crippen MR) is 89.0 cm³/mol. The van der Waals surface area contributed by atoms with Crippen molar-refractivity contribution in [1.82, 2.24) is 0 Å². The number of benzene rings is 1. The quantitative estimate of drug-likeness (QED) is 0.683. The molecule has 0 aliphatic heterocycles. The summed E-state index contributed by atoms with van der Waals surface area (Å²) in [5.41, 5.74) is 1.00. The molecule has 6 heteroatoms. The van der Waals surface area contributed by atoms with Crippen LogP contribution in [0.5, 0.6) is 0 Å². The summed E-state index contributed by atoms with van der Waals surface area (Å²) < 4.78 is 5.35. The molecule has 2 aromatic rings. The number of carboxylic acids is 1. The maximum atomic E-state index is 12.3. The first kappa shape index (κ1) is 15.9. The van der Waals surface area contributed by atoms with Crippen molar-refractivity contribution in [2.75, 3.05) is 0 Å². The molecule has 5 nitrogen and oxygen atoms in total. The Kier molecular flexibility index (Phi) is 4.39. The van der Waals surface area contributed by atoms with E-state index >= 15 is 0 Å². The summed E-state index contributed by atoms with van der Waals surface area (Å²) in [5, 5.41) is 12.9. The maximum absolute atomic E-state index is 12.3. The molecule has 120 valence electrons. The topological polar surface area (TPSA) is 80.7 Å². The van der Waals surface area contributed by atoms with Crippen LogP contribution in [0.2, 0.25) is 0 Å². The molecule has 1 unspecified atom stereocenters. The van der Waals surface area contributed by atoms with Gasteiger partial charge in [-0.25, -0.2) is 9.59 Å². The summed E-state index contributed by atoms with van der Waals surface area (Å²) >= 11 is 1.49. The molecule has 1 heterocycles. The van der Waals surface area contributed by atoms with E-state index in [4.69, 9.17) is 9.84 Å². The molecule has 0 saturated heterocycles. The highest BCUT2D eigenvalue weighted by Gasteiger charge is 2.28. The zero-order valence-electron chi connectivity index (χ0n) is 12.3. The van der Waals surface area contributed by atoms with Crippen molar-refractivity contribution in [3.8, 4) is 0 Å². The Morgan fingerprint density at radius 2 is 1.92 bits per heavy atom. The van der Waals surface area contributed by atoms with Crippen molar-refractivity contribution in [3.05, 3.63) is 75.5 Å². The van der Waals surface area contributed by atoms with Crippen LogP contribution in [0.3, 0.4) is 0 Å². The van der Waals surface area contributed by atoms with Gasteiger partial charge in [0.2, 0.25) is 0 Å². The Balaban J connectivity index is 1.85. The zero-order valence-corrected chi connectivity index (χ0v) is 13.2. The molecule has 0 saturated carbocycles. The predicted octanol–water partition coefficient (Wildman–Crippen LogP) is 3.19. The molecule has 1 atom stereocenters. The van der Waals surface area contributed by atoms with Crippen LogP contribution in [-0.4, -0.2) is 28.9 Å². The third-order valence-electron chi connectivity index (χ3n) is 3.49. The fourth-order valence-electron chi connectivity index (χ4n) is 2.33. The number of ketones is 1. The average molecular weight is 340 g/mol. The van der Waals surface area contributed by atoms with Crippen LogP contribution in [0, 0.1) is 0 Å². The van der Waals surface area contributed by atoms with Gasteiger partial charge in [-0.3, -0.25) is 4.79 Å². The minimum Gasteiger partial charge on any atom is -0.478 e. The number of rotatable bonds is 4. The number of aromatic carboxylic acids is 1. The minimum absolute atomic E-state index is 0.0485. The second-order valence-corrected chi connectivity index (χ2v) is 5.84. The van der Waals surface area contributed by atoms with Gasteiger partial charge in [0, 0.05) is 5.57 Å². The van der Waals surface area contributed by atoms with Crippen LogP contribution in [-0.2, 0) is 9.53 Å². The summed E-state index contributed by atoms with van der Waals surface area (Å²) in [6.45, 7) is 0. The van der Waals surface area contributed by atoms with E-state index in [1.165, 1.54) is 41.7 Å². The van der Waals surface area contributed by atoms with E-state index in [9.17, 15) is 14.4 Å². The lowest BCUT2D eigenvalue weighted by atomic mass is 10.1. The first-order valence-corrected chi connectivity index (χ1v) is 8.00. The van der Waals surface area contributed by atoms with Crippen LogP contribution in [0.4, 0.5) is 0 Å². The normalized spacial score (nSPS) is 18.1. The van der Waals surface area contributed by atoms with Crippen molar-refractivity contribution in [2.45, 2.75) is 6.10 Å². The van der Waals surface area contributed by atoms with E-state index in [-0.39, 0.29) is 16.9 Å². The second kappa shape index (κ2) is 6.64. The Hall–Kier alpha value is -2.99. The first-order valence-electron chi connectivity index (χ1n) is 7.06. The Labute approximate surface area is 141 Å².